The van der Waals surface area contributed by atoms with Gasteiger partial charge in [-0.2, -0.15) is 0 Å². The molecule has 2 aromatic heterocycles. The van der Waals surface area contributed by atoms with Gasteiger partial charge in [0.15, 0.2) is 5.82 Å². The van der Waals surface area contributed by atoms with Gasteiger partial charge in [-0.1, -0.05) is 30.3 Å². The number of anilines is 2. The number of hydrogen-bond acceptors (Lipinski definition) is 7. The molecule has 1 aliphatic rings. The van der Waals surface area contributed by atoms with Crippen LogP contribution in [0.1, 0.15) is 10.4 Å². The number of rotatable bonds is 5. The van der Waals surface area contributed by atoms with Crippen molar-refractivity contribution < 1.29 is 14.3 Å². The van der Waals surface area contributed by atoms with Crippen molar-refractivity contribution in [1.82, 2.24) is 15.0 Å². The van der Waals surface area contributed by atoms with Crippen LogP contribution in [0.25, 0.3) is 22.2 Å². The number of fused-ring (bicyclic) bond motifs is 1. The topological polar surface area (TPSA) is 89.5 Å². The Kier molecular flexibility index (Phi) is 5.82. The molecular formula is C25H23N5O3. The van der Waals surface area contributed by atoms with Crippen molar-refractivity contribution in [3.05, 3.63) is 72.6 Å². The van der Waals surface area contributed by atoms with Crippen LogP contribution < -0.4 is 15.0 Å². The molecule has 1 N–H and O–H groups in total. The van der Waals surface area contributed by atoms with Gasteiger partial charge in [0.1, 0.15) is 22.6 Å². The molecule has 33 heavy (non-hydrogen) atoms. The van der Waals surface area contributed by atoms with Crippen LogP contribution in [0.15, 0.2) is 67.0 Å². The van der Waals surface area contributed by atoms with Crippen molar-refractivity contribution in [3.8, 4) is 16.9 Å². The maximum absolute atomic E-state index is 12.8. The zero-order chi connectivity index (χ0) is 22.6. The third-order valence-corrected chi connectivity index (χ3v) is 5.55. The molecule has 8 nitrogen and oxygen atoms in total. The van der Waals surface area contributed by atoms with Crippen LogP contribution in [0.5, 0.6) is 5.75 Å². The first-order valence-corrected chi connectivity index (χ1v) is 10.7. The summed E-state index contributed by atoms with van der Waals surface area (Å²) in [5.74, 6) is 1.46. The minimum Gasteiger partial charge on any atom is -0.494 e. The van der Waals surface area contributed by atoms with Crippen molar-refractivity contribution in [2.24, 2.45) is 0 Å². The van der Waals surface area contributed by atoms with Gasteiger partial charge in [-0.05, 0) is 29.8 Å². The van der Waals surface area contributed by atoms with Gasteiger partial charge in [0, 0.05) is 24.8 Å². The van der Waals surface area contributed by atoms with E-state index in [-0.39, 0.29) is 5.91 Å². The van der Waals surface area contributed by atoms with Crippen molar-refractivity contribution in [2.45, 2.75) is 0 Å². The molecule has 1 aliphatic heterocycles. The minimum atomic E-state index is -0.303. The van der Waals surface area contributed by atoms with E-state index in [0.717, 1.165) is 30.0 Å². The summed E-state index contributed by atoms with van der Waals surface area (Å²) in [7, 11) is 1.59. The molecule has 0 bridgehead atoms. The number of aromatic nitrogens is 3. The average molecular weight is 441 g/mol. The SMILES string of the molecule is COc1ccc(-c2ccccc2)c2ncc(NC(=O)c3ccc(N4CCOCC4)nc3)nc12. The van der Waals surface area contributed by atoms with Gasteiger partial charge in [-0.15, -0.1) is 0 Å². The van der Waals surface area contributed by atoms with Gasteiger partial charge < -0.3 is 19.7 Å². The van der Waals surface area contributed by atoms with E-state index in [0.29, 0.717) is 41.4 Å². The maximum Gasteiger partial charge on any atom is 0.258 e. The first-order chi connectivity index (χ1) is 16.2. The summed E-state index contributed by atoms with van der Waals surface area (Å²) in [6.07, 6.45) is 3.13. The van der Waals surface area contributed by atoms with Crippen molar-refractivity contribution >= 4 is 28.6 Å². The zero-order valence-electron chi connectivity index (χ0n) is 18.2. The molecule has 2 aromatic carbocycles. The molecule has 166 valence electrons. The molecular weight excluding hydrogens is 418 g/mol. The fourth-order valence-corrected chi connectivity index (χ4v) is 3.84. The Hall–Kier alpha value is -4.04. The van der Waals surface area contributed by atoms with Crippen LogP contribution in [0.4, 0.5) is 11.6 Å². The molecule has 0 spiro atoms. The zero-order valence-corrected chi connectivity index (χ0v) is 18.2. The summed E-state index contributed by atoms with van der Waals surface area (Å²) < 4.78 is 10.9. The highest BCUT2D eigenvalue weighted by molar-refractivity contribution is 6.04. The number of benzene rings is 2. The fourth-order valence-electron chi connectivity index (χ4n) is 3.84. The van der Waals surface area contributed by atoms with Gasteiger partial charge in [-0.25, -0.2) is 15.0 Å². The Balaban J connectivity index is 1.40. The minimum absolute atomic E-state index is 0.303. The van der Waals surface area contributed by atoms with Crippen molar-refractivity contribution in [2.75, 3.05) is 43.6 Å². The lowest BCUT2D eigenvalue weighted by Crippen LogP contribution is -2.36. The van der Waals surface area contributed by atoms with Crippen molar-refractivity contribution in [1.29, 1.82) is 0 Å². The summed E-state index contributed by atoms with van der Waals surface area (Å²) in [6, 6.07) is 17.4. The largest absolute Gasteiger partial charge is 0.494 e. The average Bonchev–Trinajstić information content (AvgIpc) is 2.89. The van der Waals surface area contributed by atoms with Crippen LogP contribution >= 0.6 is 0 Å². The number of pyridine rings is 1. The molecule has 0 unspecified atom stereocenters. The molecule has 1 saturated heterocycles. The molecule has 0 saturated carbocycles. The third kappa shape index (κ3) is 4.33. The monoisotopic (exact) mass is 441 g/mol. The van der Waals surface area contributed by atoms with Crippen LogP contribution in [-0.2, 0) is 4.74 Å². The number of methoxy groups -OCH3 is 1. The van der Waals surface area contributed by atoms with Crippen LogP contribution in [0, 0.1) is 0 Å². The number of amides is 1. The lowest BCUT2D eigenvalue weighted by Gasteiger charge is -2.27. The van der Waals surface area contributed by atoms with Gasteiger partial charge in [0.05, 0.1) is 32.1 Å². The second-order valence-corrected chi connectivity index (χ2v) is 7.59. The number of carbonyl (C=O) groups excluding carboxylic acids is 1. The summed E-state index contributed by atoms with van der Waals surface area (Å²) in [5, 5.41) is 2.82. The quantitative estimate of drug-likeness (QED) is 0.504. The Morgan fingerprint density at radius 2 is 1.79 bits per heavy atom. The van der Waals surface area contributed by atoms with Gasteiger partial charge in [0.25, 0.3) is 5.91 Å². The van der Waals surface area contributed by atoms with E-state index in [9.17, 15) is 4.79 Å². The second kappa shape index (κ2) is 9.22. The highest BCUT2D eigenvalue weighted by Gasteiger charge is 2.16. The third-order valence-electron chi connectivity index (χ3n) is 5.55. The Bertz CT molecular complexity index is 1270. The number of carbonyl (C=O) groups is 1. The van der Waals surface area contributed by atoms with E-state index >= 15 is 0 Å². The molecule has 8 heteroatoms. The summed E-state index contributed by atoms with van der Waals surface area (Å²) in [4.78, 5) is 28.6. The summed E-state index contributed by atoms with van der Waals surface area (Å²) in [5.41, 5.74) is 3.70. The highest BCUT2D eigenvalue weighted by atomic mass is 16.5. The Labute approximate surface area is 191 Å². The lowest BCUT2D eigenvalue weighted by atomic mass is 10.0. The van der Waals surface area contributed by atoms with Gasteiger partial charge in [0.2, 0.25) is 0 Å². The molecule has 4 aromatic rings. The van der Waals surface area contributed by atoms with E-state index < -0.39 is 0 Å². The summed E-state index contributed by atoms with van der Waals surface area (Å²) in [6.45, 7) is 2.94. The molecule has 0 aliphatic carbocycles. The fraction of sp³-hybridized carbons (Fsp3) is 0.200. The van der Waals surface area contributed by atoms with Crippen LogP contribution in [-0.4, -0.2) is 54.3 Å². The van der Waals surface area contributed by atoms with E-state index in [2.05, 4.69) is 25.2 Å². The van der Waals surface area contributed by atoms with Crippen LogP contribution in [0.2, 0.25) is 0 Å². The standard InChI is InChI=1S/C25H23N5O3/c1-32-20-9-8-19(17-5-3-2-4-6-17)23-24(20)28-21(16-27-23)29-25(31)18-7-10-22(26-15-18)30-11-13-33-14-12-30/h2-10,15-16H,11-14H2,1H3,(H,28,29,31). The number of ether oxygens (including phenoxy) is 2. The Morgan fingerprint density at radius 3 is 2.52 bits per heavy atom. The summed E-state index contributed by atoms with van der Waals surface area (Å²) >= 11 is 0. The second-order valence-electron chi connectivity index (χ2n) is 7.59. The van der Waals surface area contributed by atoms with E-state index in [1.54, 1.807) is 25.6 Å². The van der Waals surface area contributed by atoms with Gasteiger partial charge >= 0.3 is 0 Å². The van der Waals surface area contributed by atoms with Crippen molar-refractivity contribution in [3.63, 3.8) is 0 Å². The Morgan fingerprint density at radius 1 is 0.970 bits per heavy atom. The van der Waals surface area contributed by atoms with E-state index in [4.69, 9.17) is 9.47 Å². The molecule has 1 fully saturated rings. The number of nitrogens with one attached hydrogen (secondary N) is 1. The molecule has 5 rings (SSSR count). The first kappa shape index (κ1) is 20.8. The number of hydrogen-bond donors (Lipinski definition) is 1. The predicted octanol–water partition coefficient (Wildman–Crippen LogP) is 3.79. The molecule has 3 heterocycles. The van der Waals surface area contributed by atoms with E-state index in [1.807, 2.05) is 48.5 Å². The molecule has 1 amide bonds. The number of morpholine rings is 1. The molecule has 0 atom stereocenters. The number of nitrogens with zero attached hydrogens (tertiary/aromatic N) is 4. The predicted molar refractivity (Wildman–Crippen MR) is 127 cm³/mol. The highest BCUT2D eigenvalue weighted by Crippen LogP contribution is 2.32. The smallest absolute Gasteiger partial charge is 0.258 e. The maximum atomic E-state index is 12.8. The van der Waals surface area contributed by atoms with E-state index in [1.165, 1.54) is 0 Å². The first-order valence-electron chi connectivity index (χ1n) is 10.7. The molecule has 0 radical (unpaired) electrons. The lowest BCUT2D eigenvalue weighted by molar-refractivity contribution is 0.102. The normalized spacial score (nSPS) is 13.7. The van der Waals surface area contributed by atoms with Gasteiger partial charge in [-0.3, -0.25) is 4.79 Å². The van der Waals surface area contributed by atoms with Crippen LogP contribution in [0.3, 0.4) is 0 Å².